The second-order valence-electron chi connectivity index (χ2n) is 7.55. The van der Waals surface area contributed by atoms with Crippen LogP contribution in [0.2, 0.25) is 0 Å². The van der Waals surface area contributed by atoms with Gasteiger partial charge in [-0.25, -0.2) is 0 Å². The van der Waals surface area contributed by atoms with Crippen LogP contribution in [0.5, 0.6) is 0 Å². The maximum atomic E-state index is 4.93. The zero-order chi connectivity index (χ0) is 22.3. The maximum absolute atomic E-state index is 4.93. The van der Waals surface area contributed by atoms with E-state index in [-0.39, 0.29) is 0 Å². The van der Waals surface area contributed by atoms with Gasteiger partial charge in [-0.2, -0.15) is 0 Å². The summed E-state index contributed by atoms with van der Waals surface area (Å²) in [5, 5.41) is 2.64. The van der Waals surface area contributed by atoms with E-state index in [0.717, 1.165) is 6.42 Å². The summed E-state index contributed by atoms with van der Waals surface area (Å²) < 4.78 is 0. The minimum absolute atomic E-state index is 0.826. The molecule has 0 fully saturated rings. The van der Waals surface area contributed by atoms with Crippen molar-refractivity contribution < 1.29 is 20.8 Å². The molecule has 5 rings (SSSR count). The molecule has 0 spiro atoms. The van der Waals surface area contributed by atoms with Gasteiger partial charge in [-0.15, -0.1) is 34.5 Å². The molecule has 0 aliphatic carbocycles. The Bertz CT molecular complexity index is 1290. The van der Waals surface area contributed by atoms with Gasteiger partial charge >= 0.3 is 37.9 Å². The van der Waals surface area contributed by atoms with Gasteiger partial charge < -0.3 is 0 Å². The number of hydrogen-bond acceptors (Lipinski definition) is 0. The SMILES string of the molecule is CCc1ccc2[cH-]c(-c3ccccc3)cc2c1-c1ccccc1-c1ccccc1.[Cl][Zr][Cl]. The standard InChI is InChI=1S/C29H23.2ClH.Zr/c1-2-21-17-18-24-19-25(22-11-5-3-6-12-22)20-28(24)29(21)27-16-10-9-15-26(27)23-13-7-4-8-14-23;;;/h3-20H,2H2,1H3;2*1H;/q-1;;;+2/p-2. The topological polar surface area (TPSA) is 0 Å². The minimum atomic E-state index is -0.826. The fraction of sp³-hybridized carbons (Fsp3) is 0.0690. The van der Waals surface area contributed by atoms with Crippen molar-refractivity contribution in [2.75, 3.05) is 0 Å². The number of rotatable bonds is 4. The first-order valence-corrected chi connectivity index (χ1v) is 17.0. The molecule has 0 saturated carbocycles. The molecule has 0 heterocycles. The molecule has 0 aromatic heterocycles. The molecule has 5 aromatic rings. The van der Waals surface area contributed by atoms with Crippen LogP contribution < -0.4 is 0 Å². The fourth-order valence-corrected chi connectivity index (χ4v) is 4.31. The van der Waals surface area contributed by atoms with Gasteiger partial charge in [-0.05, 0) is 28.7 Å². The quantitative estimate of drug-likeness (QED) is 0.202. The molecule has 3 heteroatoms. The molecule has 158 valence electrons. The first-order valence-electron chi connectivity index (χ1n) is 10.7. The van der Waals surface area contributed by atoms with Crippen molar-refractivity contribution in [1.29, 1.82) is 0 Å². The van der Waals surface area contributed by atoms with Crippen molar-refractivity contribution >= 4 is 27.8 Å². The third kappa shape index (κ3) is 4.97. The first kappa shape index (κ1) is 23.1. The van der Waals surface area contributed by atoms with E-state index in [0.29, 0.717) is 0 Å². The molecule has 0 N–H and O–H groups in total. The van der Waals surface area contributed by atoms with Gasteiger partial charge in [0.1, 0.15) is 0 Å². The Morgan fingerprint density at radius 1 is 0.688 bits per heavy atom. The van der Waals surface area contributed by atoms with Gasteiger partial charge in [0.15, 0.2) is 0 Å². The molecular weight excluding hydrogens is 510 g/mol. The summed E-state index contributed by atoms with van der Waals surface area (Å²) in [7, 11) is 9.87. The third-order valence-electron chi connectivity index (χ3n) is 5.75. The summed E-state index contributed by atoms with van der Waals surface area (Å²) in [5.74, 6) is 0. The average molecular weight is 534 g/mol. The fourth-order valence-electron chi connectivity index (χ4n) is 4.31. The molecule has 0 aliphatic heterocycles. The monoisotopic (exact) mass is 531 g/mol. The predicted molar refractivity (Wildman–Crippen MR) is 137 cm³/mol. The van der Waals surface area contributed by atoms with Crippen LogP contribution in [0.25, 0.3) is 44.2 Å². The number of aryl methyl sites for hydroxylation is 1. The van der Waals surface area contributed by atoms with E-state index in [1.807, 2.05) is 0 Å². The van der Waals surface area contributed by atoms with E-state index in [1.165, 1.54) is 49.7 Å². The number of halogens is 2. The molecular formula is C29H23Cl2Zr-. The molecule has 0 nitrogen and oxygen atoms in total. The van der Waals surface area contributed by atoms with Crippen LogP contribution in [0, 0.1) is 0 Å². The zero-order valence-electron chi connectivity index (χ0n) is 17.9. The summed E-state index contributed by atoms with van der Waals surface area (Å²) in [4.78, 5) is 0. The molecule has 0 radical (unpaired) electrons. The van der Waals surface area contributed by atoms with Crippen LogP contribution in [0.3, 0.4) is 0 Å². The first-order chi connectivity index (χ1) is 15.8. The van der Waals surface area contributed by atoms with Crippen molar-refractivity contribution in [1.82, 2.24) is 0 Å². The number of benzene rings is 4. The Kier molecular flexibility index (Phi) is 8.09. The van der Waals surface area contributed by atoms with Gasteiger partial charge in [0.05, 0.1) is 0 Å². The predicted octanol–water partition coefficient (Wildman–Crippen LogP) is 9.50. The summed E-state index contributed by atoms with van der Waals surface area (Å²) in [5.41, 5.74) is 9.18. The van der Waals surface area contributed by atoms with Gasteiger partial charge in [0.25, 0.3) is 0 Å². The van der Waals surface area contributed by atoms with E-state index in [4.69, 9.17) is 17.0 Å². The number of hydrogen-bond donors (Lipinski definition) is 0. The molecule has 0 amide bonds. The molecule has 0 bridgehead atoms. The van der Waals surface area contributed by atoms with E-state index >= 15 is 0 Å². The van der Waals surface area contributed by atoms with Crippen LogP contribution in [-0.4, -0.2) is 0 Å². The molecule has 5 aromatic carbocycles. The van der Waals surface area contributed by atoms with Crippen LogP contribution >= 0.6 is 17.0 Å². The van der Waals surface area contributed by atoms with E-state index in [9.17, 15) is 0 Å². The second-order valence-corrected chi connectivity index (χ2v) is 11.3. The summed E-state index contributed by atoms with van der Waals surface area (Å²) >= 11 is -0.826. The number of fused-ring (bicyclic) bond motifs is 1. The van der Waals surface area contributed by atoms with Crippen molar-refractivity contribution in [3.63, 3.8) is 0 Å². The van der Waals surface area contributed by atoms with Crippen molar-refractivity contribution in [3.05, 3.63) is 115 Å². The second kappa shape index (κ2) is 11.2. The Morgan fingerprint density at radius 3 is 1.88 bits per heavy atom. The van der Waals surface area contributed by atoms with Gasteiger partial charge in [0.2, 0.25) is 0 Å². The molecule has 0 aliphatic rings. The van der Waals surface area contributed by atoms with Crippen LogP contribution in [-0.2, 0) is 27.3 Å². The van der Waals surface area contributed by atoms with Crippen LogP contribution in [0.15, 0.2) is 109 Å². The van der Waals surface area contributed by atoms with E-state index in [1.54, 1.807) is 0 Å². The summed E-state index contributed by atoms with van der Waals surface area (Å²) in [6.07, 6.45) is 1.01. The molecule has 32 heavy (non-hydrogen) atoms. The van der Waals surface area contributed by atoms with Gasteiger partial charge in [-0.1, -0.05) is 109 Å². The zero-order valence-corrected chi connectivity index (χ0v) is 21.8. The van der Waals surface area contributed by atoms with Gasteiger partial charge in [0, 0.05) is 0 Å². The van der Waals surface area contributed by atoms with Gasteiger partial charge in [-0.3, -0.25) is 0 Å². The Balaban J connectivity index is 0.000000775. The molecule has 0 atom stereocenters. The molecule has 0 saturated heterocycles. The van der Waals surface area contributed by atoms with Crippen molar-refractivity contribution in [2.45, 2.75) is 13.3 Å². The third-order valence-corrected chi connectivity index (χ3v) is 5.75. The summed E-state index contributed by atoms with van der Waals surface area (Å²) in [6.45, 7) is 2.25. The average Bonchev–Trinajstić information content (AvgIpc) is 3.29. The normalized spacial score (nSPS) is 10.5. The Hall–Kier alpha value is -2.05. The molecule has 0 unspecified atom stereocenters. The van der Waals surface area contributed by atoms with E-state index < -0.39 is 20.8 Å². The van der Waals surface area contributed by atoms with Crippen LogP contribution in [0.4, 0.5) is 0 Å². The van der Waals surface area contributed by atoms with E-state index in [2.05, 4.69) is 116 Å². The Morgan fingerprint density at radius 2 is 1.25 bits per heavy atom. The van der Waals surface area contributed by atoms with Crippen molar-refractivity contribution in [2.24, 2.45) is 0 Å². The summed E-state index contributed by atoms with van der Waals surface area (Å²) in [6, 6.07) is 39.4. The Labute approximate surface area is 208 Å². The van der Waals surface area contributed by atoms with Crippen molar-refractivity contribution in [3.8, 4) is 33.4 Å². The van der Waals surface area contributed by atoms with Crippen LogP contribution in [0.1, 0.15) is 12.5 Å².